The van der Waals surface area contributed by atoms with Crippen LogP contribution in [0.25, 0.3) is 0 Å². The van der Waals surface area contributed by atoms with Gasteiger partial charge in [0.2, 0.25) is 0 Å². The number of pyridine rings is 1. The fourth-order valence-electron chi connectivity index (χ4n) is 1.35. The van der Waals surface area contributed by atoms with E-state index in [0.29, 0.717) is 0 Å². The fourth-order valence-corrected chi connectivity index (χ4v) is 2.19. The predicted octanol–water partition coefficient (Wildman–Crippen LogP) is 3.67. The highest BCUT2D eigenvalue weighted by atomic mass is 32.2. The first-order valence-electron chi connectivity index (χ1n) is 5.44. The van der Waals surface area contributed by atoms with Gasteiger partial charge in [0.15, 0.2) is 0 Å². The van der Waals surface area contributed by atoms with Gasteiger partial charge in [-0.3, -0.25) is 4.98 Å². The molecular formula is C12H16F3NOS. The van der Waals surface area contributed by atoms with E-state index in [0.717, 1.165) is 18.5 Å². The molecule has 0 aliphatic heterocycles. The Bertz CT molecular complexity index is 401. The van der Waals surface area contributed by atoms with Crippen molar-refractivity contribution in [2.45, 2.75) is 37.8 Å². The average Bonchev–Trinajstić information content (AvgIpc) is 2.24. The molecule has 0 saturated carbocycles. The van der Waals surface area contributed by atoms with Gasteiger partial charge in [0, 0.05) is 28.5 Å². The first-order chi connectivity index (χ1) is 8.11. The second kappa shape index (κ2) is 5.48. The number of nitrogens with zero attached hydrogens (tertiary/aromatic N) is 1. The summed E-state index contributed by atoms with van der Waals surface area (Å²) in [6.45, 7) is 5.83. The van der Waals surface area contributed by atoms with Crippen molar-refractivity contribution >= 4 is 11.8 Å². The summed E-state index contributed by atoms with van der Waals surface area (Å²) < 4.78 is 38.1. The van der Waals surface area contributed by atoms with Crippen molar-refractivity contribution in [3.63, 3.8) is 0 Å². The van der Waals surface area contributed by atoms with Gasteiger partial charge in [-0.05, 0) is 6.07 Å². The van der Waals surface area contributed by atoms with Crippen LogP contribution < -0.4 is 0 Å². The summed E-state index contributed by atoms with van der Waals surface area (Å²) in [4.78, 5) is 3.66. The summed E-state index contributed by atoms with van der Waals surface area (Å²) in [5.74, 6) is 0.207. The molecule has 6 heteroatoms. The van der Waals surface area contributed by atoms with Crippen molar-refractivity contribution in [3.05, 3.63) is 29.6 Å². The van der Waals surface area contributed by atoms with Crippen LogP contribution in [0.5, 0.6) is 0 Å². The molecule has 102 valence electrons. The lowest BCUT2D eigenvalue weighted by atomic mass is 10.1. The summed E-state index contributed by atoms with van der Waals surface area (Å²) >= 11 is 1.41. The predicted molar refractivity (Wildman–Crippen MR) is 66.4 cm³/mol. The van der Waals surface area contributed by atoms with Gasteiger partial charge in [0.05, 0.1) is 11.7 Å². The Hall–Kier alpha value is -0.750. The smallest absolute Gasteiger partial charge is 0.387 e. The van der Waals surface area contributed by atoms with E-state index < -0.39 is 17.8 Å². The van der Waals surface area contributed by atoms with Crippen LogP contribution in [0.4, 0.5) is 13.2 Å². The van der Waals surface area contributed by atoms with Crippen molar-refractivity contribution in [2.24, 2.45) is 0 Å². The molecule has 0 aliphatic carbocycles. The van der Waals surface area contributed by atoms with E-state index in [9.17, 15) is 18.3 Å². The lowest BCUT2D eigenvalue weighted by molar-refractivity contribution is -0.139. The standard InChI is InChI=1S/C12H16F3NOS/c1-11(2,3)18-7-10(17)8-6-16-5-4-9(8)12(13,14)15/h4-6,10,17H,7H2,1-3H3. The second-order valence-electron chi connectivity index (χ2n) is 4.90. The third-order valence-electron chi connectivity index (χ3n) is 2.19. The fraction of sp³-hybridized carbons (Fsp3) is 0.583. The van der Waals surface area contributed by atoms with E-state index in [1.165, 1.54) is 11.8 Å². The van der Waals surface area contributed by atoms with E-state index in [2.05, 4.69) is 4.98 Å². The van der Waals surface area contributed by atoms with Gasteiger partial charge in [-0.25, -0.2) is 0 Å². The van der Waals surface area contributed by atoms with Crippen LogP contribution in [-0.2, 0) is 6.18 Å². The van der Waals surface area contributed by atoms with Crippen LogP contribution in [0.1, 0.15) is 38.0 Å². The van der Waals surface area contributed by atoms with Crippen molar-refractivity contribution in [1.29, 1.82) is 0 Å². The maximum Gasteiger partial charge on any atom is 0.416 e. The summed E-state index contributed by atoms with van der Waals surface area (Å²) in [5.41, 5.74) is -0.985. The molecule has 0 bridgehead atoms. The van der Waals surface area contributed by atoms with E-state index in [4.69, 9.17) is 0 Å². The Kier molecular flexibility index (Phi) is 4.66. The van der Waals surface area contributed by atoms with Crippen LogP contribution in [-0.4, -0.2) is 20.6 Å². The molecule has 0 spiro atoms. The normalized spacial score (nSPS) is 14.6. The second-order valence-corrected chi connectivity index (χ2v) is 6.75. The van der Waals surface area contributed by atoms with Gasteiger partial charge in [0.1, 0.15) is 0 Å². The molecule has 0 saturated heterocycles. The number of rotatable bonds is 3. The molecule has 0 fully saturated rings. The Balaban J connectivity index is 2.89. The molecule has 1 atom stereocenters. The van der Waals surface area contributed by atoms with Gasteiger partial charge < -0.3 is 5.11 Å². The number of thioether (sulfide) groups is 1. The van der Waals surface area contributed by atoms with Crippen LogP contribution in [0.15, 0.2) is 18.5 Å². The minimum absolute atomic E-state index is 0.110. The Labute approximate surface area is 109 Å². The summed E-state index contributed by atoms with van der Waals surface area (Å²) in [6, 6.07) is 0.889. The van der Waals surface area contributed by atoms with Crippen molar-refractivity contribution in [3.8, 4) is 0 Å². The molecule has 0 aliphatic rings. The SMILES string of the molecule is CC(C)(C)SCC(O)c1cnccc1C(F)(F)F. The number of aliphatic hydroxyl groups excluding tert-OH is 1. The number of halogens is 3. The van der Waals surface area contributed by atoms with Crippen molar-refractivity contribution in [2.75, 3.05) is 5.75 Å². The summed E-state index contributed by atoms with van der Waals surface area (Å²) in [5, 5.41) is 9.87. The molecule has 18 heavy (non-hydrogen) atoms. The lowest BCUT2D eigenvalue weighted by Gasteiger charge is -2.21. The van der Waals surface area contributed by atoms with E-state index >= 15 is 0 Å². The third-order valence-corrected chi connectivity index (χ3v) is 3.54. The minimum Gasteiger partial charge on any atom is -0.387 e. The van der Waals surface area contributed by atoms with Gasteiger partial charge in [-0.15, -0.1) is 0 Å². The van der Waals surface area contributed by atoms with Crippen molar-refractivity contribution < 1.29 is 18.3 Å². The highest BCUT2D eigenvalue weighted by Crippen LogP contribution is 2.36. The Morgan fingerprint density at radius 1 is 1.33 bits per heavy atom. The number of hydrogen-bond acceptors (Lipinski definition) is 3. The topological polar surface area (TPSA) is 33.1 Å². The first-order valence-corrected chi connectivity index (χ1v) is 6.43. The third kappa shape index (κ3) is 4.49. The molecule has 1 aromatic rings. The van der Waals surface area contributed by atoms with E-state index in [1.54, 1.807) is 0 Å². The first kappa shape index (κ1) is 15.3. The van der Waals surface area contributed by atoms with Crippen LogP contribution in [0, 0.1) is 0 Å². The van der Waals surface area contributed by atoms with E-state index in [1.807, 2.05) is 20.8 Å². The number of aliphatic hydroxyl groups is 1. The van der Waals surface area contributed by atoms with Crippen LogP contribution in [0.2, 0.25) is 0 Å². The number of aromatic nitrogens is 1. The van der Waals surface area contributed by atoms with Gasteiger partial charge in [0.25, 0.3) is 0 Å². The monoisotopic (exact) mass is 279 g/mol. The van der Waals surface area contributed by atoms with Crippen LogP contribution in [0.3, 0.4) is 0 Å². The zero-order chi connectivity index (χ0) is 14.0. The molecule has 1 N–H and O–H groups in total. The molecule has 1 heterocycles. The quantitative estimate of drug-likeness (QED) is 0.916. The maximum absolute atomic E-state index is 12.7. The molecule has 1 rings (SSSR count). The number of hydrogen-bond donors (Lipinski definition) is 1. The average molecular weight is 279 g/mol. The Morgan fingerprint density at radius 3 is 2.44 bits per heavy atom. The zero-order valence-electron chi connectivity index (χ0n) is 10.5. The zero-order valence-corrected chi connectivity index (χ0v) is 11.3. The minimum atomic E-state index is -4.47. The summed E-state index contributed by atoms with van der Waals surface area (Å²) in [7, 11) is 0. The van der Waals surface area contributed by atoms with Gasteiger partial charge >= 0.3 is 6.18 Å². The molecule has 0 aromatic carbocycles. The van der Waals surface area contributed by atoms with Crippen LogP contribution >= 0.6 is 11.8 Å². The molecule has 0 radical (unpaired) electrons. The highest BCUT2D eigenvalue weighted by molar-refractivity contribution is 8.00. The van der Waals surface area contributed by atoms with Gasteiger partial charge in [-0.1, -0.05) is 20.8 Å². The van der Waals surface area contributed by atoms with Gasteiger partial charge in [-0.2, -0.15) is 24.9 Å². The maximum atomic E-state index is 12.7. The molecule has 1 unspecified atom stereocenters. The highest BCUT2D eigenvalue weighted by Gasteiger charge is 2.35. The Morgan fingerprint density at radius 2 is 1.94 bits per heavy atom. The molecule has 2 nitrogen and oxygen atoms in total. The summed E-state index contributed by atoms with van der Waals surface area (Å²) in [6.07, 6.45) is -3.47. The molecule has 1 aromatic heterocycles. The molecule has 0 amide bonds. The lowest BCUT2D eigenvalue weighted by Crippen LogP contribution is -2.16. The molecular weight excluding hydrogens is 263 g/mol. The van der Waals surface area contributed by atoms with Crippen molar-refractivity contribution in [1.82, 2.24) is 4.98 Å². The van der Waals surface area contributed by atoms with E-state index in [-0.39, 0.29) is 16.1 Å². The number of alkyl halides is 3. The largest absolute Gasteiger partial charge is 0.416 e.